The first-order valence-electron chi connectivity index (χ1n) is 5.30. The van der Waals surface area contributed by atoms with E-state index in [9.17, 15) is 0 Å². The molecule has 1 N–H and O–H groups in total. The second kappa shape index (κ2) is 4.20. The van der Waals surface area contributed by atoms with E-state index in [0.717, 1.165) is 31.3 Å². The molecule has 3 nitrogen and oxygen atoms in total. The van der Waals surface area contributed by atoms with Crippen molar-refractivity contribution in [3.8, 4) is 0 Å². The van der Waals surface area contributed by atoms with E-state index >= 15 is 0 Å². The molecule has 0 atom stereocenters. The van der Waals surface area contributed by atoms with Gasteiger partial charge in [-0.3, -0.25) is 0 Å². The van der Waals surface area contributed by atoms with Crippen molar-refractivity contribution in [1.82, 2.24) is 10.3 Å². The maximum atomic E-state index is 5.22. The minimum atomic E-state index is 0.355. The Morgan fingerprint density at radius 2 is 2.20 bits per heavy atom. The van der Waals surface area contributed by atoms with E-state index in [2.05, 4.69) is 31.1 Å². The van der Waals surface area contributed by atoms with Gasteiger partial charge < -0.3 is 10.1 Å². The molecule has 1 aliphatic rings. The summed E-state index contributed by atoms with van der Waals surface area (Å²) in [5.41, 5.74) is 1.52. The predicted octanol–water partition coefficient (Wildman–Crippen LogP) is 1.89. The Hall–Kier alpha value is -0.450. The molecule has 2 heterocycles. The van der Waals surface area contributed by atoms with Crippen LogP contribution in [0.2, 0.25) is 0 Å². The van der Waals surface area contributed by atoms with Gasteiger partial charge in [0.25, 0.3) is 0 Å². The zero-order valence-electron chi connectivity index (χ0n) is 9.59. The molecule has 0 unspecified atom stereocenters. The van der Waals surface area contributed by atoms with E-state index in [0.29, 0.717) is 5.41 Å². The molecule has 0 aromatic carbocycles. The minimum absolute atomic E-state index is 0.355. The van der Waals surface area contributed by atoms with Crippen molar-refractivity contribution >= 4 is 11.3 Å². The van der Waals surface area contributed by atoms with Crippen molar-refractivity contribution in [3.05, 3.63) is 15.6 Å². The molecule has 0 aliphatic carbocycles. The van der Waals surface area contributed by atoms with Gasteiger partial charge in [0.15, 0.2) is 0 Å². The highest BCUT2D eigenvalue weighted by atomic mass is 32.1. The fourth-order valence-electron chi connectivity index (χ4n) is 1.77. The molecular formula is C11H18N2OS. The molecule has 0 amide bonds. The van der Waals surface area contributed by atoms with Crippen molar-refractivity contribution in [2.24, 2.45) is 5.41 Å². The zero-order valence-corrected chi connectivity index (χ0v) is 10.4. The highest BCUT2D eigenvalue weighted by Crippen LogP contribution is 2.25. The number of hydrogen-bond donors (Lipinski definition) is 1. The van der Waals surface area contributed by atoms with Gasteiger partial charge in [-0.25, -0.2) is 4.98 Å². The lowest BCUT2D eigenvalue weighted by Gasteiger charge is -2.38. The van der Waals surface area contributed by atoms with Gasteiger partial charge in [-0.1, -0.05) is 6.92 Å². The van der Waals surface area contributed by atoms with E-state index in [1.54, 1.807) is 11.3 Å². The van der Waals surface area contributed by atoms with Crippen LogP contribution in [0.5, 0.6) is 0 Å². The summed E-state index contributed by atoms with van der Waals surface area (Å²) in [4.78, 5) is 5.77. The molecule has 1 aromatic rings. The molecule has 2 rings (SSSR count). The maximum absolute atomic E-state index is 5.22. The number of nitrogens with one attached hydrogen (secondary N) is 1. The lowest BCUT2D eigenvalue weighted by atomic mass is 9.89. The summed E-state index contributed by atoms with van der Waals surface area (Å²) < 4.78 is 5.22. The Kier molecular flexibility index (Phi) is 3.09. The monoisotopic (exact) mass is 226 g/mol. The van der Waals surface area contributed by atoms with Crippen molar-refractivity contribution < 1.29 is 4.74 Å². The minimum Gasteiger partial charge on any atom is -0.380 e. The Bertz CT molecular complexity index is 344. The second-order valence-electron chi connectivity index (χ2n) is 4.65. The third kappa shape index (κ3) is 2.56. The van der Waals surface area contributed by atoms with Gasteiger partial charge in [0, 0.05) is 23.4 Å². The average Bonchev–Trinajstić information content (AvgIpc) is 2.42. The lowest BCUT2D eigenvalue weighted by Crippen LogP contribution is -2.47. The van der Waals surface area contributed by atoms with Crippen LogP contribution in [0.4, 0.5) is 0 Å². The number of hydrogen-bond acceptors (Lipinski definition) is 4. The van der Waals surface area contributed by atoms with Gasteiger partial charge in [0.2, 0.25) is 0 Å². The number of aromatic nitrogens is 1. The van der Waals surface area contributed by atoms with Crippen molar-refractivity contribution in [2.75, 3.05) is 19.8 Å². The van der Waals surface area contributed by atoms with Gasteiger partial charge >= 0.3 is 0 Å². The van der Waals surface area contributed by atoms with Gasteiger partial charge in [-0.05, 0) is 13.8 Å². The fraction of sp³-hybridized carbons (Fsp3) is 0.727. The highest BCUT2D eigenvalue weighted by molar-refractivity contribution is 7.11. The molecule has 1 fully saturated rings. The molecule has 84 valence electrons. The van der Waals surface area contributed by atoms with Crippen LogP contribution in [0.25, 0.3) is 0 Å². The summed E-state index contributed by atoms with van der Waals surface area (Å²) in [7, 11) is 0. The van der Waals surface area contributed by atoms with Crippen molar-refractivity contribution in [1.29, 1.82) is 0 Å². The molecule has 15 heavy (non-hydrogen) atoms. The van der Waals surface area contributed by atoms with Crippen LogP contribution < -0.4 is 5.32 Å². The van der Waals surface area contributed by atoms with Crippen LogP contribution in [0.1, 0.15) is 22.5 Å². The molecule has 0 radical (unpaired) electrons. The van der Waals surface area contributed by atoms with Crippen LogP contribution >= 0.6 is 11.3 Å². The summed E-state index contributed by atoms with van der Waals surface area (Å²) in [6.45, 7) is 10.1. The molecule has 1 aromatic heterocycles. The number of ether oxygens (including phenoxy) is 1. The standard InChI is InChI=1S/C11H18N2OS/c1-8-10(15-9(2)13-8)4-12-5-11(3)6-14-7-11/h12H,4-7H2,1-3H3. The van der Waals surface area contributed by atoms with E-state index < -0.39 is 0 Å². The van der Waals surface area contributed by atoms with Crippen molar-refractivity contribution in [3.63, 3.8) is 0 Å². The third-order valence-electron chi connectivity index (χ3n) is 2.74. The summed E-state index contributed by atoms with van der Waals surface area (Å²) in [5, 5.41) is 4.64. The van der Waals surface area contributed by atoms with Crippen LogP contribution in [0, 0.1) is 19.3 Å². The smallest absolute Gasteiger partial charge is 0.0900 e. The maximum Gasteiger partial charge on any atom is 0.0900 e. The molecule has 0 bridgehead atoms. The summed E-state index contributed by atoms with van der Waals surface area (Å²) >= 11 is 1.79. The largest absolute Gasteiger partial charge is 0.380 e. The Labute approximate surface area is 94.9 Å². The zero-order chi connectivity index (χ0) is 10.9. The van der Waals surface area contributed by atoms with Gasteiger partial charge in [0.1, 0.15) is 0 Å². The number of thiazole rings is 1. The molecule has 0 spiro atoms. The van der Waals surface area contributed by atoms with Crippen LogP contribution in [-0.4, -0.2) is 24.7 Å². The Morgan fingerprint density at radius 3 is 2.67 bits per heavy atom. The Balaban J connectivity index is 1.80. The van der Waals surface area contributed by atoms with E-state index in [1.165, 1.54) is 10.6 Å². The highest BCUT2D eigenvalue weighted by Gasteiger charge is 2.32. The van der Waals surface area contributed by atoms with Gasteiger partial charge in [-0.15, -0.1) is 11.3 Å². The van der Waals surface area contributed by atoms with Crippen LogP contribution in [0.15, 0.2) is 0 Å². The van der Waals surface area contributed by atoms with Crippen LogP contribution in [-0.2, 0) is 11.3 Å². The Morgan fingerprint density at radius 1 is 1.47 bits per heavy atom. The summed E-state index contributed by atoms with van der Waals surface area (Å²) in [5.74, 6) is 0. The first-order valence-corrected chi connectivity index (χ1v) is 6.12. The fourth-order valence-corrected chi connectivity index (χ4v) is 2.67. The number of aryl methyl sites for hydroxylation is 2. The third-order valence-corrected chi connectivity index (χ3v) is 3.81. The van der Waals surface area contributed by atoms with E-state index in [4.69, 9.17) is 4.74 Å². The first kappa shape index (κ1) is 11.0. The molecule has 4 heteroatoms. The second-order valence-corrected chi connectivity index (χ2v) is 5.94. The number of nitrogens with zero attached hydrogens (tertiary/aromatic N) is 1. The molecule has 0 saturated carbocycles. The van der Waals surface area contributed by atoms with E-state index in [-0.39, 0.29) is 0 Å². The quantitative estimate of drug-likeness (QED) is 0.851. The predicted molar refractivity (Wildman–Crippen MR) is 62.2 cm³/mol. The SMILES string of the molecule is Cc1nc(C)c(CNCC2(C)COC2)s1. The van der Waals surface area contributed by atoms with Crippen LogP contribution in [0.3, 0.4) is 0 Å². The first-order chi connectivity index (χ1) is 7.09. The number of rotatable bonds is 4. The van der Waals surface area contributed by atoms with Gasteiger partial charge in [-0.2, -0.15) is 0 Å². The normalized spacial score (nSPS) is 18.9. The lowest BCUT2D eigenvalue weighted by molar-refractivity contribution is -0.0991. The summed E-state index contributed by atoms with van der Waals surface area (Å²) in [6, 6.07) is 0. The van der Waals surface area contributed by atoms with Gasteiger partial charge in [0.05, 0.1) is 23.9 Å². The topological polar surface area (TPSA) is 34.2 Å². The van der Waals surface area contributed by atoms with E-state index in [1.807, 2.05) is 0 Å². The summed E-state index contributed by atoms with van der Waals surface area (Å²) in [6.07, 6.45) is 0. The average molecular weight is 226 g/mol. The van der Waals surface area contributed by atoms with Crippen molar-refractivity contribution in [2.45, 2.75) is 27.3 Å². The molecular weight excluding hydrogens is 208 g/mol. The molecule has 1 aliphatic heterocycles. The molecule has 1 saturated heterocycles.